The highest BCUT2D eigenvalue weighted by Crippen LogP contribution is 2.19. The van der Waals surface area contributed by atoms with E-state index in [1.54, 1.807) is 0 Å². The molecule has 0 aliphatic heterocycles. The lowest BCUT2D eigenvalue weighted by molar-refractivity contribution is 0.151. The van der Waals surface area contributed by atoms with Gasteiger partial charge in [-0.25, -0.2) is 12.3 Å². The Kier molecular flexibility index (Phi) is 11.3. The third kappa shape index (κ3) is 17.7. The summed E-state index contributed by atoms with van der Waals surface area (Å²) in [4.78, 5) is 0. The Labute approximate surface area is 116 Å². The lowest BCUT2D eigenvalue weighted by Crippen LogP contribution is -2.13. The Morgan fingerprint density at radius 2 is 1.37 bits per heavy atom. The number of rotatable bonds is 13. The molecule has 0 aromatic carbocycles. The molecule has 0 amide bonds. The number of hydrogen-bond acceptors (Lipinski definition) is 1. The minimum Gasteiger partial charge on any atom is -0.377 e. The lowest BCUT2D eigenvalue weighted by atomic mass is 10.1. The maximum absolute atomic E-state index is 12.0. The molecule has 0 spiro atoms. The van der Waals surface area contributed by atoms with Crippen molar-refractivity contribution in [1.29, 1.82) is 0 Å². The Hall–Kier alpha value is -0.293. The monoisotopic (exact) mass is 296 g/mol. The summed E-state index contributed by atoms with van der Waals surface area (Å²) in [6, 6.07) is -0.493. The second kappa shape index (κ2) is 11.5. The van der Waals surface area contributed by atoms with Gasteiger partial charge in [0.25, 0.3) is 0 Å². The topological polar surface area (TPSA) is 9.23 Å². The molecule has 0 rings (SSSR count). The largest absolute Gasteiger partial charge is 0.616 e. The average molecular weight is 296 g/mol. The minimum absolute atomic E-state index is 0.338. The number of hydrogen-bond donors (Lipinski definition) is 0. The highest BCUT2D eigenvalue weighted by molar-refractivity contribution is 6.58. The molecular weight excluding hydrogens is 269 g/mol. The molecule has 0 radical (unpaired) electrons. The van der Waals surface area contributed by atoms with Crippen molar-refractivity contribution in [3.63, 3.8) is 0 Å². The van der Waals surface area contributed by atoms with Gasteiger partial charge in [-0.3, -0.25) is 0 Å². The molecule has 114 valence electrons. The molecule has 0 aliphatic rings. The van der Waals surface area contributed by atoms with Gasteiger partial charge in [0.2, 0.25) is 0 Å². The van der Waals surface area contributed by atoms with Gasteiger partial charge in [0, 0.05) is 12.7 Å². The van der Waals surface area contributed by atoms with Crippen molar-refractivity contribution in [3.05, 3.63) is 12.2 Å². The van der Waals surface area contributed by atoms with Crippen molar-refractivity contribution >= 4 is 9.08 Å². The van der Waals surface area contributed by atoms with Crippen molar-refractivity contribution in [2.45, 2.75) is 64.3 Å². The first-order chi connectivity index (χ1) is 8.92. The standard InChI is InChI=1S/C14H27F3OSi/c1-14(2)13-18-11-9-7-5-3-4-6-8-10-12-19(15,16)17/h1,3-13H2,2H3. The third-order valence-electron chi connectivity index (χ3n) is 2.85. The highest BCUT2D eigenvalue weighted by atomic mass is 28.5. The SMILES string of the molecule is C=C(C)COCCCCCCCCCC[Si](F)(F)F. The smallest absolute Gasteiger partial charge is 0.377 e. The van der Waals surface area contributed by atoms with E-state index in [9.17, 15) is 12.3 Å². The minimum atomic E-state index is -5.28. The number of ether oxygens (including phenoxy) is 1. The lowest BCUT2D eigenvalue weighted by Gasteiger charge is -2.04. The molecule has 19 heavy (non-hydrogen) atoms. The Morgan fingerprint density at radius 3 is 1.84 bits per heavy atom. The van der Waals surface area contributed by atoms with E-state index >= 15 is 0 Å². The molecule has 0 atom stereocenters. The van der Waals surface area contributed by atoms with Crippen LogP contribution in [0, 0.1) is 0 Å². The van der Waals surface area contributed by atoms with Crippen LogP contribution in [0.2, 0.25) is 6.04 Å². The molecule has 0 N–H and O–H groups in total. The predicted molar refractivity (Wildman–Crippen MR) is 76.5 cm³/mol. The summed E-state index contributed by atoms with van der Waals surface area (Å²) in [6.07, 6.45) is 7.56. The van der Waals surface area contributed by atoms with Crippen LogP contribution in [0.15, 0.2) is 12.2 Å². The highest BCUT2D eigenvalue weighted by Gasteiger charge is 2.35. The molecule has 1 nitrogen and oxygen atoms in total. The fourth-order valence-electron chi connectivity index (χ4n) is 1.84. The molecule has 5 heteroatoms. The Morgan fingerprint density at radius 1 is 0.895 bits per heavy atom. The van der Waals surface area contributed by atoms with Crippen LogP contribution in [0.25, 0.3) is 0 Å². The molecule has 0 aliphatic carbocycles. The van der Waals surface area contributed by atoms with E-state index in [1.165, 1.54) is 0 Å². The van der Waals surface area contributed by atoms with Crippen LogP contribution in [0.5, 0.6) is 0 Å². The molecule has 0 bridgehead atoms. The third-order valence-corrected chi connectivity index (χ3v) is 3.77. The van der Waals surface area contributed by atoms with Gasteiger partial charge in [0.15, 0.2) is 0 Å². The second-order valence-corrected chi connectivity index (χ2v) is 6.93. The summed E-state index contributed by atoms with van der Waals surface area (Å²) >= 11 is 0. The predicted octanol–water partition coefficient (Wildman–Crippen LogP) is 5.55. The maximum atomic E-state index is 12.0. The van der Waals surface area contributed by atoms with Gasteiger partial charge >= 0.3 is 9.08 Å². The summed E-state index contributed by atoms with van der Waals surface area (Å²) < 4.78 is 41.4. The van der Waals surface area contributed by atoms with Gasteiger partial charge in [0.05, 0.1) is 6.61 Å². The Bertz CT molecular complexity index is 229. The normalized spacial score (nSPS) is 11.8. The molecule has 0 heterocycles. The van der Waals surface area contributed by atoms with E-state index < -0.39 is 15.1 Å². The molecule has 0 saturated heterocycles. The van der Waals surface area contributed by atoms with Gasteiger partial charge in [0.1, 0.15) is 0 Å². The summed E-state index contributed by atoms with van der Waals surface area (Å²) in [5.41, 5.74) is 1.04. The van der Waals surface area contributed by atoms with E-state index in [4.69, 9.17) is 4.74 Å². The van der Waals surface area contributed by atoms with Crippen molar-refractivity contribution in [2.24, 2.45) is 0 Å². The molecular formula is C14H27F3OSi. The summed E-state index contributed by atoms with van der Waals surface area (Å²) in [5.74, 6) is 0. The van der Waals surface area contributed by atoms with Crippen LogP contribution in [0.1, 0.15) is 58.3 Å². The molecule has 0 aromatic heterocycles. The first-order valence-corrected chi connectivity index (χ1v) is 9.05. The fourth-order valence-corrected chi connectivity index (χ4v) is 2.49. The van der Waals surface area contributed by atoms with E-state index in [-0.39, 0.29) is 0 Å². The van der Waals surface area contributed by atoms with Crippen LogP contribution in [-0.4, -0.2) is 22.3 Å². The van der Waals surface area contributed by atoms with Crippen molar-refractivity contribution in [2.75, 3.05) is 13.2 Å². The van der Waals surface area contributed by atoms with Gasteiger partial charge in [-0.15, -0.1) is 0 Å². The quantitative estimate of drug-likeness (QED) is 0.187. The molecule has 0 unspecified atom stereocenters. The number of unbranched alkanes of at least 4 members (excludes halogenated alkanes) is 7. The average Bonchev–Trinajstić information content (AvgIpc) is 2.28. The number of halogens is 3. The molecule has 0 aromatic rings. The Balaban J connectivity index is 3.05. The van der Waals surface area contributed by atoms with Gasteiger partial charge in [-0.1, -0.05) is 50.7 Å². The van der Waals surface area contributed by atoms with Crippen LogP contribution in [0.4, 0.5) is 12.3 Å². The van der Waals surface area contributed by atoms with Gasteiger partial charge in [-0.2, -0.15) is 0 Å². The van der Waals surface area contributed by atoms with E-state index in [0.717, 1.165) is 57.1 Å². The summed E-state index contributed by atoms with van der Waals surface area (Å²) in [5, 5.41) is 0. The second-order valence-electron chi connectivity index (χ2n) is 5.20. The zero-order valence-corrected chi connectivity index (χ0v) is 13.0. The molecule has 0 saturated carbocycles. The zero-order chi connectivity index (χ0) is 14.6. The maximum Gasteiger partial charge on any atom is 0.616 e. The van der Waals surface area contributed by atoms with Crippen molar-refractivity contribution < 1.29 is 17.1 Å². The van der Waals surface area contributed by atoms with Crippen molar-refractivity contribution in [3.8, 4) is 0 Å². The van der Waals surface area contributed by atoms with Crippen LogP contribution < -0.4 is 0 Å². The van der Waals surface area contributed by atoms with E-state index in [2.05, 4.69) is 6.58 Å². The van der Waals surface area contributed by atoms with Crippen molar-refractivity contribution in [1.82, 2.24) is 0 Å². The van der Waals surface area contributed by atoms with Gasteiger partial charge < -0.3 is 4.74 Å². The fraction of sp³-hybridized carbons (Fsp3) is 0.857. The van der Waals surface area contributed by atoms with Crippen LogP contribution in [0.3, 0.4) is 0 Å². The summed E-state index contributed by atoms with van der Waals surface area (Å²) in [7, 11) is -5.28. The first-order valence-electron chi connectivity index (χ1n) is 7.20. The van der Waals surface area contributed by atoms with E-state index in [1.807, 2.05) is 6.92 Å². The first kappa shape index (κ1) is 18.7. The van der Waals surface area contributed by atoms with Crippen LogP contribution in [-0.2, 0) is 4.74 Å². The summed E-state index contributed by atoms with van der Waals surface area (Å²) in [6.45, 7) is 7.13. The zero-order valence-electron chi connectivity index (χ0n) is 12.0. The van der Waals surface area contributed by atoms with Gasteiger partial charge in [-0.05, 0) is 19.8 Å². The molecule has 0 fully saturated rings. The van der Waals surface area contributed by atoms with Crippen LogP contribution >= 0.6 is 0 Å². The van der Waals surface area contributed by atoms with E-state index in [0.29, 0.717) is 13.0 Å².